The monoisotopic (exact) mass is 298 g/mol. The van der Waals surface area contributed by atoms with Gasteiger partial charge in [0.2, 0.25) is 0 Å². The van der Waals surface area contributed by atoms with Crippen LogP contribution in [0.1, 0.15) is 20.7 Å². The van der Waals surface area contributed by atoms with Gasteiger partial charge >= 0.3 is 11.9 Å². The summed E-state index contributed by atoms with van der Waals surface area (Å²) in [4.78, 5) is 43.9. The van der Waals surface area contributed by atoms with Crippen LogP contribution in [0.5, 0.6) is 0 Å². The maximum atomic E-state index is 11.8. The van der Waals surface area contributed by atoms with Gasteiger partial charge in [-0.25, -0.2) is 19.4 Å². The van der Waals surface area contributed by atoms with Crippen molar-refractivity contribution in [3.8, 4) is 0 Å². The molecule has 0 unspecified atom stereocenters. The largest absolute Gasteiger partial charge is 0.399 e. The van der Waals surface area contributed by atoms with Crippen LogP contribution in [0.15, 0.2) is 41.2 Å². The van der Waals surface area contributed by atoms with Gasteiger partial charge in [0.1, 0.15) is 0 Å². The molecular weight excluding hydrogens is 288 g/mol. The first-order valence-corrected chi connectivity index (χ1v) is 6.25. The van der Waals surface area contributed by atoms with Gasteiger partial charge in [-0.05, 0) is 36.4 Å². The molecule has 0 spiro atoms. The average Bonchev–Trinajstić information content (AvgIpc) is 3.18. The Morgan fingerprint density at radius 1 is 0.818 bits per heavy atom. The quantitative estimate of drug-likeness (QED) is 0.413. The highest BCUT2D eigenvalue weighted by Gasteiger charge is 2.26. The molecule has 7 heteroatoms. The van der Waals surface area contributed by atoms with Gasteiger partial charge in [0.15, 0.2) is 5.43 Å². The molecule has 3 aromatic rings. The van der Waals surface area contributed by atoms with E-state index in [1.54, 1.807) is 0 Å². The number of benzene rings is 2. The van der Waals surface area contributed by atoms with Crippen molar-refractivity contribution in [2.24, 2.45) is 0 Å². The molecule has 22 heavy (non-hydrogen) atoms. The van der Waals surface area contributed by atoms with E-state index >= 15 is 0 Å². The van der Waals surface area contributed by atoms with E-state index in [2.05, 4.69) is 9.78 Å². The van der Waals surface area contributed by atoms with E-state index in [9.17, 15) is 14.4 Å². The zero-order valence-electron chi connectivity index (χ0n) is 11.2. The Morgan fingerprint density at radius 2 is 1.45 bits per heavy atom. The second-order valence-corrected chi connectivity index (χ2v) is 4.65. The molecule has 3 rings (SSSR count). The van der Waals surface area contributed by atoms with E-state index in [4.69, 9.17) is 11.5 Å². The van der Waals surface area contributed by atoms with Gasteiger partial charge in [-0.15, -0.1) is 0 Å². The number of hydrogen-bond acceptors (Lipinski definition) is 7. The van der Waals surface area contributed by atoms with Crippen molar-refractivity contribution in [3.05, 3.63) is 57.7 Å². The van der Waals surface area contributed by atoms with E-state index in [0.717, 1.165) is 0 Å². The lowest BCUT2D eigenvalue weighted by Gasteiger charge is -2.03. The summed E-state index contributed by atoms with van der Waals surface area (Å²) in [5.74, 6) is -1.79. The first-order valence-electron chi connectivity index (χ1n) is 6.25. The molecule has 0 fully saturated rings. The van der Waals surface area contributed by atoms with Gasteiger partial charge in [0.05, 0.1) is 21.9 Å². The summed E-state index contributed by atoms with van der Waals surface area (Å²) in [6.07, 6.45) is 0. The van der Waals surface area contributed by atoms with Gasteiger partial charge in [-0.2, -0.15) is 0 Å². The van der Waals surface area contributed by atoms with Crippen molar-refractivity contribution in [1.82, 2.24) is 0 Å². The topological polar surface area (TPSA) is 122 Å². The molecule has 0 atom stereocenters. The van der Waals surface area contributed by atoms with Crippen LogP contribution < -0.4 is 16.9 Å². The van der Waals surface area contributed by atoms with Gasteiger partial charge in [-0.1, -0.05) is 0 Å². The molecule has 0 radical (unpaired) electrons. The second kappa shape index (κ2) is 4.88. The van der Waals surface area contributed by atoms with E-state index in [1.807, 2.05) is 0 Å². The second-order valence-electron chi connectivity index (χ2n) is 4.65. The zero-order chi connectivity index (χ0) is 15.9. The summed E-state index contributed by atoms with van der Waals surface area (Å²) >= 11 is 0. The summed E-state index contributed by atoms with van der Waals surface area (Å²) in [5.41, 5.74) is 11.7. The van der Waals surface area contributed by atoms with Crippen molar-refractivity contribution >= 4 is 34.1 Å². The lowest BCUT2D eigenvalue weighted by Crippen LogP contribution is -2.12. The van der Waals surface area contributed by atoms with Gasteiger partial charge in [0, 0.05) is 11.4 Å². The SMILES string of the molecule is Nc1ccc(C(=O)OOC(=O)c2ccc(N)c3c(=O)c23)cc1. The molecule has 0 aliphatic heterocycles. The van der Waals surface area contributed by atoms with Crippen LogP contribution in [0.25, 0.3) is 10.8 Å². The third kappa shape index (κ3) is 2.24. The minimum atomic E-state index is -0.939. The van der Waals surface area contributed by atoms with Crippen LogP contribution in [0.2, 0.25) is 0 Å². The molecule has 0 aliphatic carbocycles. The fourth-order valence-electron chi connectivity index (χ4n) is 2.00. The maximum Gasteiger partial charge on any atom is 0.387 e. The molecule has 0 saturated heterocycles. The Balaban J connectivity index is 1.70. The standard InChI is InChI=1S/C15H10N2O5/c16-8-3-1-7(2-4-8)14(19)21-22-15(20)9-5-6-10(17)12-11(9)13(12)18/h1-6H,16-17H2. The summed E-state index contributed by atoms with van der Waals surface area (Å²) in [6, 6.07) is 8.64. The van der Waals surface area contributed by atoms with Crippen LogP contribution in [0.4, 0.5) is 11.4 Å². The number of nitrogen functional groups attached to an aromatic ring is 2. The summed E-state index contributed by atoms with van der Waals surface area (Å²) in [7, 11) is 0. The fourth-order valence-corrected chi connectivity index (χ4v) is 2.00. The number of rotatable bonds is 2. The van der Waals surface area contributed by atoms with E-state index in [1.165, 1.54) is 36.4 Å². The summed E-state index contributed by atoms with van der Waals surface area (Å²) in [5, 5.41) is 0.507. The number of fused-ring (bicyclic) bond motifs is 1. The zero-order valence-corrected chi connectivity index (χ0v) is 11.2. The molecule has 0 saturated carbocycles. The average molecular weight is 298 g/mol. The first kappa shape index (κ1) is 13.6. The van der Waals surface area contributed by atoms with E-state index in [0.29, 0.717) is 16.8 Å². The summed E-state index contributed by atoms with van der Waals surface area (Å²) < 4.78 is 0. The Bertz CT molecular complexity index is 904. The molecule has 4 N–H and O–H groups in total. The van der Waals surface area contributed by atoms with Gasteiger partial charge in [0.25, 0.3) is 0 Å². The minimum absolute atomic E-state index is 0.0132. The number of carbonyl (C=O) groups is 2. The normalized spacial score (nSPS) is 10.7. The van der Waals surface area contributed by atoms with Crippen molar-refractivity contribution in [1.29, 1.82) is 0 Å². The highest BCUT2D eigenvalue weighted by Crippen LogP contribution is 2.26. The van der Waals surface area contributed by atoms with Crippen molar-refractivity contribution in [2.45, 2.75) is 0 Å². The predicted molar refractivity (Wildman–Crippen MR) is 78.7 cm³/mol. The number of carbonyl (C=O) groups excluding carboxylic acids is 2. The Kier molecular flexibility index (Phi) is 3.03. The lowest BCUT2D eigenvalue weighted by atomic mass is 10.2. The number of nitrogens with two attached hydrogens (primary N) is 2. The minimum Gasteiger partial charge on any atom is -0.399 e. The van der Waals surface area contributed by atoms with Crippen molar-refractivity contribution in [3.63, 3.8) is 0 Å². The Morgan fingerprint density at radius 3 is 2.14 bits per heavy atom. The lowest BCUT2D eigenvalue weighted by molar-refractivity contribution is -0.187. The van der Waals surface area contributed by atoms with E-state index < -0.39 is 11.9 Å². The highest BCUT2D eigenvalue weighted by molar-refractivity contribution is 6.16. The third-order valence-electron chi connectivity index (χ3n) is 3.19. The molecule has 0 amide bonds. The van der Waals surface area contributed by atoms with Crippen LogP contribution in [0.3, 0.4) is 0 Å². The predicted octanol–water partition coefficient (Wildman–Crippen LogP) is 1.17. The molecule has 0 aromatic heterocycles. The van der Waals surface area contributed by atoms with Crippen LogP contribution >= 0.6 is 0 Å². The molecule has 0 bridgehead atoms. The summed E-state index contributed by atoms with van der Waals surface area (Å²) in [6.45, 7) is 0. The number of hydrogen-bond donors (Lipinski definition) is 2. The molecule has 0 aliphatic rings. The van der Waals surface area contributed by atoms with E-state index in [-0.39, 0.29) is 21.9 Å². The molecular formula is C15H10N2O5. The maximum absolute atomic E-state index is 11.8. The van der Waals surface area contributed by atoms with Gasteiger partial charge < -0.3 is 11.5 Å². The van der Waals surface area contributed by atoms with Crippen LogP contribution in [0, 0.1) is 0 Å². The van der Waals surface area contributed by atoms with Crippen LogP contribution in [-0.4, -0.2) is 11.9 Å². The molecule has 7 nitrogen and oxygen atoms in total. The van der Waals surface area contributed by atoms with Gasteiger partial charge in [-0.3, -0.25) is 4.79 Å². The molecule has 0 heterocycles. The smallest absolute Gasteiger partial charge is 0.387 e. The molecule has 110 valence electrons. The van der Waals surface area contributed by atoms with Crippen molar-refractivity contribution in [2.75, 3.05) is 11.5 Å². The first-order chi connectivity index (χ1) is 10.5. The van der Waals surface area contributed by atoms with Crippen molar-refractivity contribution < 1.29 is 19.4 Å². The number of anilines is 2. The third-order valence-corrected chi connectivity index (χ3v) is 3.19. The highest BCUT2D eigenvalue weighted by atomic mass is 17.2. The Labute approximate surface area is 123 Å². The van der Waals surface area contributed by atoms with Crippen LogP contribution in [-0.2, 0) is 9.78 Å². The Hall–Kier alpha value is -3.35. The fraction of sp³-hybridized carbons (Fsp3) is 0. The molecule has 3 aromatic carbocycles.